The molecule has 1 nitrogen and oxygen atoms in total. The quantitative estimate of drug-likeness (QED) is 0.444. The van der Waals surface area contributed by atoms with E-state index in [4.69, 9.17) is 5.73 Å². The van der Waals surface area contributed by atoms with Crippen molar-refractivity contribution in [1.82, 2.24) is 0 Å². The molecule has 0 bridgehead atoms. The smallest absolute Gasteiger partial charge is 0.0313 e. The van der Waals surface area contributed by atoms with Crippen LogP contribution in [0.2, 0.25) is 13.1 Å². The van der Waals surface area contributed by atoms with Crippen LogP contribution in [0, 0.1) is 0 Å². The fourth-order valence-corrected chi connectivity index (χ4v) is 0.453. The van der Waals surface area contributed by atoms with Crippen LogP contribution in [-0.4, -0.2) is 9.52 Å². The number of nitrogens with two attached hydrogens (primary N) is 1. The molecule has 1 aromatic rings. The maximum atomic E-state index is 5.36. The van der Waals surface area contributed by atoms with Gasteiger partial charge in [-0.15, -0.1) is 0 Å². The molecule has 0 saturated carbocycles. The third kappa shape index (κ3) is 5.38. The second-order valence-electron chi connectivity index (χ2n) is 2.12. The molecule has 0 aliphatic carbocycles. The largest absolute Gasteiger partial charge is 0.399 e. The van der Waals surface area contributed by atoms with E-state index in [9.17, 15) is 0 Å². The number of hydrogen-bond donors (Lipinski definition) is 1. The zero-order valence-corrected chi connectivity index (χ0v) is 8.09. The van der Waals surface area contributed by atoms with Gasteiger partial charge in [0.25, 0.3) is 0 Å². The first kappa shape index (κ1) is 9.24. The van der Waals surface area contributed by atoms with Crippen molar-refractivity contribution in [2.75, 3.05) is 5.73 Å². The number of hydrogen-bond acceptors (Lipinski definition) is 1. The lowest BCUT2D eigenvalue weighted by Gasteiger charge is -1.83. The van der Waals surface area contributed by atoms with Gasteiger partial charge in [0.05, 0.1) is 0 Å². The Labute approximate surface area is 65.1 Å². The van der Waals surface area contributed by atoms with E-state index in [2.05, 4.69) is 13.1 Å². The zero-order valence-electron chi connectivity index (χ0n) is 6.67. The summed E-state index contributed by atoms with van der Waals surface area (Å²) in [6.45, 7) is 4.53. The first-order valence-corrected chi connectivity index (χ1v) is 6.44. The standard InChI is InChI=1S/C6H7N.C2H8Si/c7-6-4-2-1-3-5-6;1-3-2/h1-5H,7H2;3H2,1-2H3. The van der Waals surface area contributed by atoms with E-state index in [-0.39, 0.29) is 0 Å². The topological polar surface area (TPSA) is 26.0 Å². The summed E-state index contributed by atoms with van der Waals surface area (Å²) in [6, 6.07) is 9.49. The van der Waals surface area contributed by atoms with Gasteiger partial charge in [-0.05, 0) is 12.1 Å². The minimum absolute atomic E-state index is 0.417. The van der Waals surface area contributed by atoms with E-state index in [1.165, 1.54) is 0 Å². The molecule has 0 unspecified atom stereocenters. The van der Waals surface area contributed by atoms with Gasteiger partial charge in [0.1, 0.15) is 0 Å². The highest BCUT2D eigenvalue weighted by Gasteiger charge is 1.72. The van der Waals surface area contributed by atoms with Gasteiger partial charge in [-0.2, -0.15) is 0 Å². The Balaban J connectivity index is 0.000000236. The molecule has 0 saturated heterocycles. The molecule has 0 atom stereocenters. The zero-order chi connectivity index (χ0) is 7.82. The van der Waals surface area contributed by atoms with Crippen LogP contribution in [0.25, 0.3) is 0 Å². The lowest BCUT2D eigenvalue weighted by Crippen LogP contribution is -1.79. The summed E-state index contributed by atoms with van der Waals surface area (Å²) in [6.07, 6.45) is 0. The van der Waals surface area contributed by atoms with Gasteiger partial charge in [0.2, 0.25) is 0 Å². The molecule has 0 amide bonds. The van der Waals surface area contributed by atoms with Crippen molar-refractivity contribution in [1.29, 1.82) is 0 Å². The number of para-hydroxylation sites is 1. The number of rotatable bonds is 0. The Morgan fingerprint density at radius 2 is 1.50 bits per heavy atom. The SMILES string of the molecule is C[SiH2]C.Nc1ccccc1. The Bertz CT molecular complexity index is 151. The molecule has 1 aromatic carbocycles. The molecule has 0 heterocycles. The molecule has 0 spiro atoms. The molecule has 0 aliphatic heterocycles. The second-order valence-corrected chi connectivity index (χ2v) is 3.53. The Kier molecular flexibility index (Phi) is 5.87. The Hall–Kier alpha value is -0.763. The van der Waals surface area contributed by atoms with Gasteiger partial charge in [-0.25, -0.2) is 0 Å². The van der Waals surface area contributed by atoms with Crippen LogP contribution in [0.4, 0.5) is 5.69 Å². The van der Waals surface area contributed by atoms with Crippen LogP contribution < -0.4 is 5.73 Å². The third-order valence-corrected chi connectivity index (χ3v) is 0.800. The molecular formula is C8H15NSi. The van der Waals surface area contributed by atoms with E-state index < -0.39 is 0 Å². The Morgan fingerprint density at radius 1 is 1.10 bits per heavy atom. The van der Waals surface area contributed by atoms with Gasteiger partial charge in [0.15, 0.2) is 0 Å². The number of anilines is 1. The fraction of sp³-hybridized carbons (Fsp3) is 0.250. The van der Waals surface area contributed by atoms with Crippen LogP contribution in [0.3, 0.4) is 0 Å². The summed E-state index contributed by atoms with van der Waals surface area (Å²) in [7, 11) is 0.417. The summed E-state index contributed by atoms with van der Waals surface area (Å²) in [5, 5.41) is 0. The van der Waals surface area contributed by atoms with E-state index in [1.807, 2.05) is 30.3 Å². The lowest BCUT2D eigenvalue weighted by atomic mass is 10.3. The highest BCUT2D eigenvalue weighted by atomic mass is 28.2. The highest BCUT2D eigenvalue weighted by Crippen LogP contribution is 1.95. The summed E-state index contributed by atoms with van der Waals surface area (Å²) in [5.74, 6) is 0. The van der Waals surface area contributed by atoms with E-state index >= 15 is 0 Å². The van der Waals surface area contributed by atoms with Crippen molar-refractivity contribution >= 4 is 15.2 Å². The second kappa shape index (κ2) is 6.36. The normalized spacial score (nSPS) is 7.80. The average molecular weight is 153 g/mol. The van der Waals surface area contributed by atoms with Crippen LogP contribution in [-0.2, 0) is 0 Å². The highest BCUT2D eigenvalue weighted by molar-refractivity contribution is 6.31. The molecular weight excluding hydrogens is 138 g/mol. The van der Waals surface area contributed by atoms with Crippen LogP contribution in [0.15, 0.2) is 30.3 Å². The maximum absolute atomic E-state index is 5.36. The van der Waals surface area contributed by atoms with Crippen molar-refractivity contribution < 1.29 is 0 Å². The molecule has 1 rings (SSSR count). The minimum Gasteiger partial charge on any atom is -0.399 e. The van der Waals surface area contributed by atoms with Gasteiger partial charge >= 0.3 is 0 Å². The predicted molar refractivity (Wildman–Crippen MR) is 51.1 cm³/mol. The fourth-order valence-electron chi connectivity index (χ4n) is 0.453. The van der Waals surface area contributed by atoms with Crippen molar-refractivity contribution in [3.63, 3.8) is 0 Å². The molecule has 10 heavy (non-hydrogen) atoms. The molecule has 0 aliphatic rings. The van der Waals surface area contributed by atoms with Crippen LogP contribution in [0.5, 0.6) is 0 Å². The maximum Gasteiger partial charge on any atom is 0.0313 e. The predicted octanol–water partition coefficient (Wildman–Crippen LogP) is 1.52. The summed E-state index contributed by atoms with van der Waals surface area (Å²) in [4.78, 5) is 0. The van der Waals surface area contributed by atoms with Crippen molar-refractivity contribution in [2.45, 2.75) is 13.1 Å². The van der Waals surface area contributed by atoms with Crippen molar-refractivity contribution in [2.24, 2.45) is 0 Å². The van der Waals surface area contributed by atoms with Crippen LogP contribution in [0.1, 0.15) is 0 Å². The van der Waals surface area contributed by atoms with Gasteiger partial charge in [0, 0.05) is 15.2 Å². The molecule has 2 heteroatoms. The van der Waals surface area contributed by atoms with E-state index in [0.717, 1.165) is 5.69 Å². The van der Waals surface area contributed by atoms with Crippen LogP contribution >= 0.6 is 0 Å². The van der Waals surface area contributed by atoms with Crippen molar-refractivity contribution in [3.05, 3.63) is 30.3 Å². The van der Waals surface area contributed by atoms with E-state index in [1.54, 1.807) is 0 Å². The monoisotopic (exact) mass is 153 g/mol. The summed E-state index contributed by atoms with van der Waals surface area (Å²) in [5.41, 5.74) is 6.18. The number of nitrogen functional groups attached to an aromatic ring is 1. The minimum atomic E-state index is 0.417. The number of benzene rings is 1. The van der Waals surface area contributed by atoms with Gasteiger partial charge in [-0.3, -0.25) is 0 Å². The van der Waals surface area contributed by atoms with E-state index in [0.29, 0.717) is 9.52 Å². The average Bonchev–Trinajstić information content (AvgIpc) is 1.91. The first-order chi connectivity index (χ1) is 4.81. The molecule has 0 aromatic heterocycles. The molecule has 0 fully saturated rings. The third-order valence-electron chi connectivity index (χ3n) is 0.800. The lowest BCUT2D eigenvalue weighted by molar-refractivity contribution is 1.69. The van der Waals surface area contributed by atoms with Gasteiger partial charge in [-0.1, -0.05) is 31.3 Å². The molecule has 56 valence electrons. The molecule has 0 radical (unpaired) electrons. The first-order valence-electron chi connectivity index (χ1n) is 3.61. The van der Waals surface area contributed by atoms with Crippen molar-refractivity contribution in [3.8, 4) is 0 Å². The summed E-state index contributed by atoms with van der Waals surface area (Å²) < 4.78 is 0. The Morgan fingerprint density at radius 3 is 1.70 bits per heavy atom. The molecule has 2 N–H and O–H groups in total. The van der Waals surface area contributed by atoms with Gasteiger partial charge < -0.3 is 5.73 Å². The summed E-state index contributed by atoms with van der Waals surface area (Å²) >= 11 is 0.